The smallest absolute Gasteiger partial charge is 0.119 e. The van der Waals surface area contributed by atoms with E-state index >= 15 is 0 Å². The summed E-state index contributed by atoms with van der Waals surface area (Å²) in [6.07, 6.45) is 0. The minimum Gasteiger partial charge on any atom is -0.492 e. The molecule has 18 heavy (non-hydrogen) atoms. The average Bonchev–Trinajstić information content (AvgIpc) is 2.40. The molecule has 2 heteroatoms. The lowest BCUT2D eigenvalue weighted by atomic mass is 10.0. The fraction of sp³-hybridized carbons (Fsp3) is 0.250. The van der Waals surface area contributed by atoms with Gasteiger partial charge in [0.15, 0.2) is 0 Å². The maximum absolute atomic E-state index is 5.55. The van der Waals surface area contributed by atoms with Gasteiger partial charge in [-0.3, -0.25) is 0 Å². The summed E-state index contributed by atoms with van der Waals surface area (Å²) in [6, 6.07) is 14.6. The molecule has 0 aliphatic heterocycles. The molecule has 0 aliphatic rings. The van der Waals surface area contributed by atoms with Crippen LogP contribution in [0.4, 0.5) is 0 Å². The van der Waals surface area contributed by atoms with Crippen molar-refractivity contribution in [2.24, 2.45) is 5.73 Å². The summed E-state index contributed by atoms with van der Waals surface area (Å²) in [5, 5.41) is 0. The Kier molecular flexibility index (Phi) is 4.00. The molecular weight excluding hydrogens is 222 g/mol. The fourth-order valence-corrected chi connectivity index (χ4v) is 1.86. The van der Waals surface area contributed by atoms with E-state index in [9.17, 15) is 0 Å². The van der Waals surface area contributed by atoms with Crippen molar-refractivity contribution in [1.29, 1.82) is 0 Å². The molecule has 0 aromatic heterocycles. The lowest BCUT2D eigenvalue weighted by molar-refractivity contribution is 0.328. The summed E-state index contributed by atoms with van der Waals surface area (Å²) in [6.45, 7) is 5.34. The zero-order valence-corrected chi connectivity index (χ0v) is 10.9. The first-order valence-corrected chi connectivity index (χ1v) is 6.21. The Morgan fingerprint density at radius 1 is 0.944 bits per heavy atom. The van der Waals surface area contributed by atoms with Crippen molar-refractivity contribution in [1.82, 2.24) is 0 Å². The molecule has 0 heterocycles. The highest BCUT2D eigenvalue weighted by atomic mass is 16.5. The third kappa shape index (κ3) is 2.90. The molecule has 0 fully saturated rings. The molecule has 2 aromatic rings. The van der Waals surface area contributed by atoms with Crippen molar-refractivity contribution in [2.45, 2.75) is 13.8 Å². The second-order valence-corrected chi connectivity index (χ2v) is 4.46. The molecule has 0 radical (unpaired) electrons. The summed E-state index contributed by atoms with van der Waals surface area (Å²) in [4.78, 5) is 0. The fourth-order valence-electron chi connectivity index (χ4n) is 1.86. The summed E-state index contributed by atoms with van der Waals surface area (Å²) in [5.41, 5.74) is 10.4. The lowest BCUT2D eigenvalue weighted by Crippen LogP contribution is -2.10. The molecule has 0 saturated carbocycles. The van der Waals surface area contributed by atoms with Gasteiger partial charge in [0.2, 0.25) is 0 Å². The van der Waals surface area contributed by atoms with Crippen molar-refractivity contribution in [2.75, 3.05) is 13.2 Å². The first kappa shape index (κ1) is 12.7. The van der Waals surface area contributed by atoms with Crippen molar-refractivity contribution in [3.05, 3.63) is 53.6 Å². The number of hydrogen-bond acceptors (Lipinski definition) is 2. The van der Waals surface area contributed by atoms with Gasteiger partial charge in [-0.2, -0.15) is 0 Å². The van der Waals surface area contributed by atoms with E-state index in [1.54, 1.807) is 0 Å². The summed E-state index contributed by atoms with van der Waals surface area (Å²) in [5.74, 6) is 0.871. The largest absolute Gasteiger partial charge is 0.492 e. The Morgan fingerprint density at radius 2 is 1.72 bits per heavy atom. The molecule has 94 valence electrons. The number of benzene rings is 2. The van der Waals surface area contributed by atoms with Gasteiger partial charge in [-0.05, 0) is 48.2 Å². The molecule has 2 aromatic carbocycles. The van der Waals surface area contributed by atoms with E-state index in [0.29, 0.717) is 13.2 Å². The van der Waals surface area contributed by atoms with Crippen LogP contribution >= 0.6 is 0 Å². The van der Waals surface area contributed by atoms with Crippen LogP contribution in [-0.2, 0) is 0 Å². The minimum absolute atomic E-state index is 0.536. The maximum Gasteiger partial charge on any atom is 0.119 e. The third-order valence-electron chi connectivity index (χ3n) is 3.06. The highest BCUT2D eigenvalue weighted by Crippen LogP contribution is 2.25. The van der Waals surface area contributed by atoms with Crippen LogP contribution in [0, 0.1) is 13.8 Å². The van der Waals surface area contributed by atoms with E-state index in [2.05, 4.69) is 44.2 Å². The first-order valence-electron chi connectivity index (χ1n) is 6.21. The monoisotopic (exact) mass is 241 g/mol. The van der Waals surface area contributed by atoms with Gasteiger partial charge in [0.25, 0.3) is 0 Å². The van der Waals surface area contributed by atoms with E-state index in [1.165, 1.54) is 22.3 Å². The summed E-state index contributed by atoms with van der Waals surface area (Å²) >= 11 is 0. The van der Waals surface area contributed by atoms with Gasteiger partial charge in [0, 0.05) is 6.54 Å². The molecule has 2 nitrogen and oxygen atoms in total. The molecule has 2 N–H and O–H groups in total. The Bertz CT molecular complexity index is 534. The molecule has 2 rings (SSSR count). The minimum atomic E-state index is 0.536. The predicted octanol–water partition coefficient (Wildman–Crippen LogP) is 3.31. The zero-order chi connectivity index (χ0) is 13.0. The number of aryl methyl sites for hydroxylation is 2. The molecule has 0 spiro atoms. The molecule has 0 aliphatic carbocycles. The van der Waals surface area contributed by atoms with Crippen molar-refractivity contribution in [3.63, 3.8) is 0 Å². The topological polar surface area (TPSA) is 35.2 Å². The molecule has 0 atom stereocenters. The number of ether oxygens (including phenoxy) is 1. The van der Waals surface area contributed by atoms with Crippen LogP contribution in [0.25, 0.3) is 11.1 Å². The van der Waals surface area contributed by atoms with Gasteiger partial charge < -0.3 is 10.5 Å². The summed E-state index contributed by atoms with van der Waals surface area (Å²) in [7, 11) is 0. The van der Waals surface area contributed by atoms with Crippen LogP contribution < -0.4 is 10.5 Å². The van der Waals surface area contributed by atoms with Gasteiger partial charge in [0.1, 0.15) is 12.4 Å². The Labute approximate surface area is 108 Å². The Balaban J connectivity index is 2.29. The molecule has 0 bridgehead atoms. The van der Waals surface area contributed by atoms with Crippen molar-refractivity contribution < 1.29 is 4.74 Å². The van der Waals surface area contributed by atoms with Gasteiger partial charge in [0.05, 0.1) is 0 Å². The second kappa shape index (κ2) is 5.69. The highest BCUT2D eigenvalue weighted by Gasteiger charge is 2.01. The Hall–Kier alpha value is -1.80. The second-order valence-electron chi connectivity index (χ2n) is 4.46. The SMILES string of the molecule is Cc1ccc(-c2cccc(OCCN)c2)cc1C. The normalized spacial score (nSPS) is 10.4. The van der Waals surface area contributed by atoms with Gasteiger partial charge in [-0.25, -0.2) is 0 Å². The van der Waals surface area contributed by atoms with Gasteiger partial charge >= 0.3 is 0 Å². The van der Waals surface area contributed by atoms with Crippen LogP contribution in [0.5, 0.6) is 5.75 Å². The highest BCUT2D eigenvalue weighted by molar-refractivity contribution is 5.66. The summed E-state index contributed by atoms with van der Waals surface area (Å²) < 4.78 is 5.55. The van der Waals surface area contributed by atoms with E-state index in [1.807, 2.05) is 12.1 Å². The number of rotatable bonds is 4. The molecule has 0 unspecified atom stereocenters. The van der Waals surface area contributed by atoms with Crippen LogP contribution in [-0.4, -0.2) is 13.2 Å². The third-order valence-corrected chi connectivity index (χ3v) is 3.06. The average molecular weight is 241 g/mol. The standard InChI is InChI=1S/C16H19NO/c1-12-6-7-15(10-13(12)2)14-4-3-5-16(11-14)18-9-8-17/h3-7,10-11H,8-9,17H2,1-2H3. The van der Waals surface area contributed by atoms with Crippen LogP contribution in [0.1, 0.15) is 11.1 Å². The number of hydrogen-bond donors (Lipinski definition) is 1. The maximum atomic E-state index is 5.55. The number of nitrogens with two attached hydrogens (primary N) is 1. The molecule has 0 saturated heterocycles. The zero-order valence-electron chi connectivity index (χ0n) is 10.9. The lowest BCUT2D eigenvalue weighted by Gasteiger charge is -2.08. The first-order chi connectivity index (χ1) is 8.70. The van der Waals surface area contributed by atoms with Crippen LogP contribution in [0.2, 0.25) is 0 Å². The van der Waals surface area contributed by atoms with E-state index in [-0.39, 0.29) is 0 Å². The molecule has 0 amide bonds. The quantitative estimate of drug-likeness (QED) is 0.891. The van der Waals surface area contributed by atoms with E-state index in [0.717, 1.165) is 5.75 Å². The predicted molar refractivity (Wildman–Crippen MR) is 75.9 cm³/mol. The van der Waals surface area contributed by atoms with Crippen LogP contribution in [0.3, 0.4) is 0 Å². The van der Waals surface area contributed by atoms with Crippen molar-refractivity contribution >= 4 is 0 Å². The van der Waals surface area contributed by atoms with Crippen molar-refractivity contribution in [3.8, 4) is 16.9 Å². The molecular formula is C16H19NO. The van der Waals surface area contributed by atoms with E-state index in [4.69, 9.17) is 10.5 Å². The van der Waals surface area contributed by atoms with Gasteiger partial charge in [-0.15, -0.1) is 0 Å². The Morgan fingerprint density at radius 3 is 2.44 bits per heavy atom. The van der Waals surface area contributed by atoms with Crippen LogP contribution in [0.15, 0.2) is 42.5 Å². The van der Waals surface area contributed by atoms with Gasteiger partial charge in [-0.1, -0.05) is 30.3 Å². The van der Waals surface area contributed by atoms with E-state index < -0.39 is 0 Å².